The van der Waals surface area contributed by atoms with Crippen LogP contribution in [0.2, 0.25) is 0 Å². The number of esters is 4. The standard InChI is InChI=1S/C47H79FN5O14P/c1-43(2,3)63-38(56)27-24-34(42(60)66-46(10,11)12)53-68(61,67-47(13,14)15)62-29-19-20-32(40(58)64-44(4,5)6)51-37(55)26-23-33(41(59)65-45(7,8)9)52-36(54)21-17-16-18-28-49-39(57)31-22-25-35(48)50-30-31/h22,25,30,32-34H,16-21,23-24,26-29H2,1-15H3,(H,49,57)(H,51,55)(H,52,54)(H,53,61)/t32-,33-,34-,68?/m0/s1. The van der Waals surface area contributed by atoms with E-state index in [1.807, 2.05) is 0 Å². The molecular formula is C47H79FN5O14P. The number of nitrogens with one attached hydrogen (secondary N) is 4. The van der Waals surface area contributed by atoms with Gasteiger partial charge in [-0.05, 0) is 155 Å². The maximum atomic E-state index is 14.3. The van der Waals surface area contributed by atoms with Crippen molar-refractivity contribution in [2.45, 2.75) is 214 Å². The summed E-state index contributed by atoms with van der Waals surface area (Å²) >= 11 is 0. The van der Waals surface area contributed by atoms with Crippen LogP contribution in [0.15, 0.2) is 18.3 Å². The smallest absolute Gasteiger partial charge is 0.406 e. The third kappa shape index (κ3) is 29.4. The number of rotatable bonds is 26. The minimum Gasteiger partial charge on any atom is -0.460 e. The monoisotopic (exact) mass is 988 g/mol. The summed E-state index contributed by atoms with van der Waals surface area (Å²) in [7, 11) is -4.36. The van der Waals surface area contributed by atoms with Gasteiger partial charge in [0.15, 0.2) is 0 Å². The molecule has 388 valence electrons. The Morgan fingerprint density at radius 1 is 0.588 bits per heavy atom. The molecule has 0 bridgehead atoms. The molecule has 1 aromatic rings. The number of hydrogen-bond donors (Lipinski definition) is 4. The van der Waals surface area contributed by atoms with Gasteiger partial charge in [-0.3, -0.25) is 33.0 Å². The molecule has 4 N–H and O–H groups in total. The topological polar surface area (TPSA) is 253 Å². The van der Waals surface area contributed by atoms with Gasteiger partial charge in [0.1, 0.15) is 40.5 Å². The van der Waals surface area contributed by atoms with Crippen molar-refractivity contribution < 1.29 is 70.5 Å². The second kappa shape index (κ2) is 27.0. The van der Waals surface area contributed by atoms with E-state index in [-0.39, 0.29) is 57.1 Å². The van der Waals surface area contributed by atoms with E-state index in [9.17, 15) is 42.5 Å². The van der Waals surface area contributed by atoms with E-state index in [1.165, 1.54) is 6.07 Å². The van der Waals surface area contributed by atoms with E-state index in [0.717, 1.165) is 12.3 Å². The van der Waals surface area contributed by atoms with Gasteiger partial charge >= 0.3 is 31.6 Å². The number of nitrogens with zero attached hydrogens (tertiary/aromatic N) is 1. The van der Waals surface area contributed by atoms with Crippen molar-refractivity contribution in [1.82, 2.24) is 26.0 Å². The summed E-state index contributed by atoms with van der Waals surface area (Å²) in [5.74, 6) is -5.13. The number of ether oxygens (including phenoxy) is 4. The third-order valence-corrected chi connectivity index (χ3v) is 10.4. The predicted molar refractivity (Wildman–Crippen MR) is 251 cm³/mol. The van der Waals surface area contributed by atoms with Gasteiger partial charge in [0, 0.05) is 32.0 Å². The Morgan fingerprint density at radius 3 is 1.56 bits per heavy atom. The van der Waals surface area contributed by atoms with Crippen LogP contribution in [0.25, 0.3) is 0 Å². The molecule has 0 radical (unpaired) electrons. The minimum absolute atomic E-state index is 0.0209. The number of carbonyl (C=O) groups excluding carboxylic acids is 7. The summed E-state index contributed by atoms with van der Waals surface area (Å²) in [5.41, 5.74) is -4.39. The van der Waals surface area contributed by atoms with Crippen molar-refractivity contribution in [1.29, 1.82) is 0 Å². The number of carbonyl (C=O) groups is 7. The van der Waals surface area contributed by atoms with Crippen LogP contribution in [0.5, 0.6) is 0 Å². The van der Waals surface area contributed by atoms with Crippen LogP contribution in [0, 0.1) is 5.95 Å². The first-order chi connectivity index (χ1) is 30.9. The second-order valence-electron chi connectivity index (χ2n) is 21.3. The highest BCUT2D eigenvalue weighted by Gasteiger charge is 2.39. The molecule has 0 saturated heterocycles. The predicted octanol–water partition coefficient (Wildman–Crippen LogP) is 7.09. The molecule has 0 aliphatic carbocycles. The molecule has 1 heterocycles. The zero-order chi connectivity index (χ0) is 52.3. The fourth-order valence-electron chi connectivity index (χ4n) is 5.83. The first kappa shape index (κ1) is 61.5. The summed E-state index contributed by atoms with van der Waals surface area (Å²) in [6.45, 7) is 24.9. The van der Waals surface area contributed by atoms with Gasteiger partial charge in [0.25, 0.3) is 5.91 Å². The number of halogens is 1. The fraction of sp³-hybridized carbons (Fsp3) is 0.745. The molecular weight excluding hydrogens is 909 g/mol. The van der Waals surface area contributed by atoms with Crippen LogP contribution in [0.4, 0.5) is 4.39 Å². The van der Waals surface area contributed by atoms with Gasteiger partial charge in [-0.2, -0.15) is 4.39 Å². The van der Waals surface area contributed by atoms with Crippen LogP contribution in [0.3, 0.4) is 0 Å². The molecule has 19 nitrogen and oxygen atoms in total. The van der Waals surface area contributed by atoms with Crippen LogP contribution < -0.4 is 21.0 Å². The van der Waals surface area contributed by atoms with Crippen LogP contribution >= 0.6 is 7.75 Å². The van der Waals surface area contributed by atoms with Crippen molar-refractivity contribution in [2.24, 2.45) is 0 Å². The molecule has 0 aromatic carbocycles. The van der Waals surface area contributed by atoms with E-state index in [1.54, 1.807) is 104 Å². The number of pyridine rings is 1. The van der Waals surface area contributed by atoms with Crippen molar-refractivity contribution in [2.75, 3.05) is 13.2 Å². The second-order valence-corrected chi connectivity index (χ2v) is 23.0. The van der Waals surface area contributed by atoms with Crippen LogP contribution in [-0.2, 0) is 61.3 Å². The lowest BCUT2D eigenvalue weighted by molar-refractivity contribution is -0.160. The molecule has 4 atom stereocenters. The fourth-order valence-corrected chi connectivity index (χ4v) is 7.72. The van der Waals surface area contributed by atoms with E-state index in [2.05, 4.69) is 26.0 Å². The Labute approximate surface area is 402 Å². The Hall–Kier alpha value is -4.52. The Morgan fingerprint density at radius 2 is 1.07 bits per heavy atom. The first-order valence-corrected chi connectivity index (χ1v) is 24.6. The van der Waals surface area contributed by atoms with Gasteiger partial charge in [-0.25, -0.2) is 24.2 Å². The molecule has 0 aliphatic rings. The highest BCUT2D eigenvalue weighted by atomic mass is 31.2. The number of aromatic nitrogens is 1. The number of amides is 3. The first-order valence-electron chi connectivity index (χ1n) is 23.1. The number of hydrogen-bond acceptors (Lipinski definition) is 15. The van der Waals surface area contributed by atoms with Crippen molar-refractivity contribution in [3.05, 3.63) is 29.8 Å². The average molecular weight is 988 g/mol. The maximum Gasteiger partial charge on any atom is 0.406 e. The normalized spacial score (nSPS) is 14.6. The molecule has 1 unspecified atom stereocenters. The summed E-state index contributed by atoms with van der Waals surface area (Å²) in [6.07, 6.45) is 1.78. The van der Waals surface area contributed by atoms with E-state index in [4.69, 9.17) is 28.0 Å². The Bertz CT molecular complexity index is 1880. The quantitative estimate of drug-likeness (QED) is 0.0238. The molecule has 0 saturated carbocycles. The average Bonchev–Trinajstić information content (AvgIpc) is 3.14. The van der Waals surface area contributed by atoms with Crippen molar-refractivity contribution in [3.8, 4) is 0 Å². The highest BCUT2D eigenvalue weighted by molar-refractivity contribution is 7.51. The van der Waals surface area contributed by atoms with E-state index < -0.39 is 101 Å². The largest absolute Gasteiger partial charge is 0.460 e. The van der Waals surface area contributed by atoms with Gasteiger partial charge in [-0.15, -0.1) is 0 Å². The number of unbranched alkanes of at least 4 members (excludes halogenated alkanes) is 2. The molecule has 1 rings (SSSR count). The summed E-state index contributed by atoms with van der Waals surface area (Å²) < 4.78 is 61.1. The lowest BCUT2D eigenvalue weighted by atomic mass is 10.1. The molecule has 0 spiro atoms. The van der Waals surface area contributed by atoms with E-state index >= 15 is 0 Å². The lowest BCUT2D eigenvalue weighted by Crippen LogP contribution is -2.46. The molecule has 68 heavy (non-hydrogen) atoms. The van der Waals surface area contributed by atoms with Gasteiger partial charge < -0.3 is 34.9 Å². The minimum atomic E-state index is -4.36. The molecule has 3 amide bonds. The third-order valence-electron chi connectivity index (χ3n) is 8.42. The summed E-state index contributed by atoms with van der Waals surface area (Å²) in [6, 6.07) is -1.35. The molecule has 0 aliphatic heterocycles. The zero-order valence-electron chi connectivity index (χ0n) is 42.9. The Balaban J connectivity index is 3.07. The highest BCUT2D eigenvalue weighted by Crippen LogP contribution is 2.48. The van der Waals surface area contributed by atoms with E-state index in [0.29, 0.717) is 25.8 Å². The van der Waals surface area contributed by atoms with Gasteiger partial charge in [-0.1, -0.05) is 6.42 Å². The van der Waals surface area contributed by atoms with Crippen LogP contribution in [0.1, 0.15) is 178 Å². The molecule has 21 heteroatoms. The van der Waals surface area contributed by atoms with Crippen molar-refractivity contribution in [3.63, 3.8) is 0 Å². The lowest BCUT2D eigenvalue weighted by Gasteiger charge is -2.31. The zero-order valence-corrected chi connectivity index (χ0v) is 43.8. The van der Waals surface area contributed by atoms with Crippen molar-refractivity contribution >= 4 is 49.3 Å². The SMILES string of the molecule is CC(C)(C)OC(=O)CC[C@H](NP(=O)(OCCC[C@H](NC(=O)CC[C@H](NC(=O)CCCCCNC(=O)c1ccc(F)nc1)C(=O)OC(C)(C)C)C(=O)OC(C)(C)C)OC(C)(C)C)C(=O)OC(C)(C)C. The summed E-state index contributed by atoms with van der Waals surface area (Å²) in [5, 5.41) is 10.7. The summed E-state index contributed by atoms with van der Waals surface area (Å²) in [4.78, 5) is 94.8. The van der Waals surface area contributed by atoms with Gasteiger partial charge in [0.05, 0.1) is 17.8 Å². The maximum absolute atomic E-state index is 14.3. The molecule has 0 fully saturated rings. The molecule has 1 aromatic heterocycles. The Kier molecular flexibility index (Phi) is 24.4. The van der Waals surface area contributed by atoms with Gasteiger partial charge in [0.2, 0.25) is 17.8 Å². The van der Waals surface area contributed by atoms with Crippen LogP contribution in [-0.4, -0.2) is 106 Å².